The summed E-state index contributed by atoms with van der Waals surface area (Å²) in [4.78, 5) is 4.14. The number of nitrogen functional groups attached to an aromatic ring is 2. The highest BCUT2D eigenvalue weighted by Gasteiger charge is 2.25. The van der Waals surface area contributed by atoms with Gasteiger partial charge in [-0.2, -0.15) is 13.2 Å². The number of ether oxygens (including phenoxy) is 1. The molecular formula is C23H32F3N3O. The van der Waals surface area contributed by atoms with Gasteiger partial charge in [-0.25, -0.2) is 4.98 Å². The molecule has 0 radical (unpaired) electrons. The van der Waals surface area contributed by atoms with Gasteiger partial charge < -0.3 is 16.2 Å². The molecule has 4 N–H and O–H groups in total. The van der Waals surface area contributed by atoms with E-state index in [0.717, 1.165) is 49.0 Å². The molecule has 30 heavy (non-hydrogen) atoms. The van der Waals surface area contributed by atoms with Crippen LogP contribution in [-0.4, -0.2) is 17.8 Å². The zero-order valence-electron chi connectivity index (χ0n) is 17.5. The Balaban J connectivity index is 1.69. The number of anilines is 2. The minimum Gasteiger partial charge on any atom is -0.494 e. The molecule has 1 heterocycles. The summed E-state index contributed by atoms with van der Waals surface area (Å²) < 4.78 is 42.1. The second kappa shape index (κ2) is 11.7. The van der Waals surface area contributed by atoms with E-state index in [1.54, 1.807) is 12.3 Å². The number of nitrogens with zero attached hydrogens (tertiary/aromatic N) is 1. The largest absolute Gasteiger partial charge is 0.494 e. The third-order valence-corrected chi connectivity index (χ3v) is 5.22. The van der Waals surface area contributed by atoms with Crippen molar-refractivity contribution >= 4 is 11.5 Å². The number of benzene rings is 1. The first kappa shape index (κ1) is 23.8. The second-order valence-electron chi connectivity index (χ2n) is 7.68. The van der Waals surface area contributed by atoms with Gasteiger partial charge in [0.25, 0.3) is 0 Å². The molecule has 0 aliphatic rings. The summed E-state index contributed by atoms with van der Waals surface area (Å²) in [5.41, 5.74) is 14.6. The van der Waals surface area contributed by atoms with Gasteiger partial charge >= 0.3 is 6.18 Å². The Morgan fingerprint density at radius 2 is 1.63 bits per heavy atom. The van der Waals surface area contributed by atoms with E-state index in [2.05, 4.69) is 4.98 Å². The van der Waals surface area contributed by atoms with Crippen molar-refractivity contribution < 1.29 is 17.9 Å². The quantitative estimate of drug-likeness (QED) is 0.384. The maximum atomic E-state index is 12.1. The topological polar surface area (TPSA) is 74.2 Å². The van der Waals surface area contributed by atoms with Gasteiger partial charge in [-0.05, 0) is 36.6 Å². The van der Waals surface area contributed by atoms with Crippen LogP contribution in [0.5, 0.6) is 5.75 Å². The first-order chi connectivity index (χ1) is 14.3. The molecule has 1 atom stereocenters. The highest BCUT2D eigenvalue weighted by Crippen LogP contribution is 2.33. The third-order valence-electron chi connectivity index (χ3n) is 5.22. The van der Waals surface area contributed by atoms with Gasteiger partial charge in [0.05, 0.1) is 6.61 Å². The van der Waals surface area contributed by atoms with Crippen molar-refractivity contribution in [1.29, 1.82) is 0 Å². The van der Waals surface area contributed by atoms with Crippen LogP contribution >= 0.6 is 0 Å². The first-order valence-electron chi connectivity index (χ1n) is 10.6. The number of aromatic nitrogens is 1. The van der Waals surface area contributed by atoms with Crippen LogP contribution in [0.3, 0.4) is 0 Å². The molecule has 2 aromatic rings. The lowest BCUT2D eigenvalue weighted by Gasteiger charge is -2.17. The zero-order valence-corrected chi connectivity index (χ0v) is 17.5. The molecule has 0 spiro atoms. The molecule has 0 saturated carbocycles. The van der Waals surface area contributed by atoms with Crippen LogP contribution < -0.4 is 16.2 Å². The average molecular weight is 424 g/mol. The van der Waals surface area contributed by atoms with E-state index >= 15 is 0 Å². The van der Waals surface area contributed by atoms with Crippen molar-refractivity contribution in [2.24, 2.45) is 0 Å². The van der Waals surface area contributed by atoms with Crippen molar-refractivity contribution in [1.82, 2.24) is 4.98 Å². The zero-order chi connectivity index (χ0) is 22.0. The maximum absolute atomic E-state index is 12.1. The SMILES string of the molecule is CC(c1cccc(OCCCCCCCCCC(F)(F)F)c1)c1c(N)ccnc1N. The lowest BCUT2D eigenvalue weighted by Crippen LogP contribution is -2.07. The Hall–Kier alpha value is -2.44. The lowest BCUT2D eigenvalue weighted by molar-refractivity contribution is -0.135. The fraction of sp³-hybridized carbons (Fsp3) is 0.522. The number of halogens is 3. The summed E-state index contributed by atoms with van der Waals surface area (Å²) >= 11 is 0. The molecule has 1 unspecified atom stereocenters. The first-order valence-corrected chi connectivity index (χ1v) is 10.6. The summed E-state index contributed by atoms with van der Waals surface area (Å²) in [7, 11) is 0. The van der Waals surface area contributed by atoms with Crippen molar-refractivity contribution in [3.8, 4) is 5.75 Å². The number of rotatable bonds is 12. The molecule has 0 bridgehead atoms. The summed E-state index contributed by atoms with van der Waals surface area (Å²) in [6.07, 6.45) is 2.57. The molecule has 0 aliphatic heterocycles. The van der Waals surface area contributed by atoms with Crippen LogP contribution in [0.15, 0.2) is 36.5 Å². The minimum atomic E-state index is -4.02. The van der Waals surface area contributed by atoms with Crippen molar-refractivity contribution in [2.75, 3.05) is 18.1 Å². The Morgan fingerprint density at radius 1 is 0.967 bits per heavy atom. The number of alkyl halides is 3. The highest BCUT2D eigenvalue weighted by molar-refractivity contribution is 5.61. The monoisotopic (exact) mass is 423 g/mol. The van der Waals surface area contributed by atoms with Crippen molar-refractivity contribution in [3.05, 3.63) is 47.7 Å². The fourth-order valence-corrected chi connectivity index (χ4v) is 3.52. The van der Waals surface area contributed by atoms with Crippen LogP contribution in [0.4, 0.5) is 24.7 Å². The van der Waals surface area contributed by atoms with Crippen LogP contribution in [0.2, 0.25) is 0 Å². The Bertz CT molecular complexity index is 760. The number of nitrogens with two attached hydrogens (primary N) is 2. The summed E-state index contributed by atoms with van der Waals surface area (Å²) in [5, 5.41) is 0. The smallest absolute Gasteiger partial charge is 0.389 e. The van der Waals surface area contributed by atoms with Crippen molar-refractivity contribution in [2.45, 2.75) is 70.4 Å². The van der Waals surface area contributed by atoms with Gasteiger partial charge in [0.15, 0.2) is 0 Å². The molecule has 0 saturated heterocycles. The molecule has 0 amide bonds. The van der Waals surface area contributed by atoms with Crippen LogP contribution in [0, 0.1) is 0 Å². The molecule has 4 nitrogen and oxygen atoms in total. The second-order valence-corrected chi connectivity index (χ2v) is 7.68. The van der Waals surface area contributed by atoms with Gasteiger partial charge in [-0.1, -0.05) is 51.2 Å². The van der Waals surface area contributed by atoms with E-state index in [4.69, 9.17) is 16.2 Å². The Morgan fingerprint density at radius 3 is 2.30 bits per heavy atom. The van der Waals surface area contributed by atoms with E-state index in [1.807, 2.05) is 31.2 Å². The number of unbranched alkanes of at least 4 members (excludes halogenated alkanes) is 6. The standard InChI is InChI=1S/C23H32F3N3O/c1-17(21-20(27)12-14-29-22(21)28)18-10-9-11-19(16-18)30-15-8-6-4-2-3-5-7-13-23(24,25)26/h9-12,14,16-17H,2-8,13,15H2,1H3,(H4,27,28,29). The molecule has 0 aliphatic carbocycles. The molecule has 2 rings (SSSR count). The minimum absolute atomic E-state index is 0.000374. The molecule has 0 fully saturated rings. The average Bonchev–Trinajstić information content (AvgIpc) is 2.68. The maximum Gasteiger partial charge on any atom is 0.389 e. The van der Waals surface area contributed by atoms with Gasteiger partial charge in [0.1, 0.15) is 11.6 Å². The van der Waals surface area contributed by atoms with E-state index in [0.29, 0.717) is 24.5 Å². The predicted molar refractivity (Wildman–Crippen MR) is 116 cm³/mol. The summed E-state index contributed by atoms with van der Waals surface area (Å²) in [6, 6.07) is 9.63. The lowest BCUT2D eigenvalue weighted by atomic mass is 9.92. The number of pyridine rings is 1. The molecule has 1 aromatic carbocycles. The Labute approximate surface area is 176 Å². The van der Waals surface area contributed by atoms with E-state index in [1.165, 1.54) is 0 Å². The van der Waals surface area contributed by atoms with Crippen LogP contribution in [0.1, 0.15) is 75.3 Å². The third kappa shape index (κ3) is 8.13. The molecule has 7 heteroatoms. The molecule has 166 valence electrons. The summed E-state index contributed by atoms with van der Waals surface area (Å²) in [6.45, 7) is 2.65. The summed E-state index contributed by atoms with van der Waals surface area (Å²) in [5.74, 6) is 1.24. The fourth-order valence-electron chi connectivity index (χ4n) is 3.52. The van der Waals surface area contributed by atoms with Gasteiger partial charge in [-0.15, -0.1) is 0 Å². The number of hydrogen-bond donors (Lipinski definition) is 2. The van der Waals surface area contributed by atoms with Crippen molar-refractivity contribution in [3.63, 3.8) is 0 Å². The number of hydrogen-bond acceptors (Lipinski definition) is 4. The van der Waals surface area contributed by atoms with Gasteiger partial charge in [0.2, 0.25) is 0 Å². The van der Waals surface area contributed by atoms with E-state index in [9.17, 15) is 13.2 Å². The van der Waals surface area contributed by atoms with E-state index < -0.39 is 12.6 Å². The van der Waals surface area contributed by atoms with Crippen LogP contribution in [0.25, 0.3) is 0 Å². The Kier molecular flexibility index (Phi) is 9.27. The molecule has 1 aromatic heterocycles. The predicted octanol–water partition coefficient (Wildman–Crippen LogP) is 6.46. The van der Waals surface area contributed by atoms with Gasteiger partial charge in [-0.3, -0.25) is 0 Å². The van der Waals surface area contributed by atoms with Crippen LogP contribution in [-0.2, 0) is 0 Å². The highest BCUT2D eigenvalue weighted by atomic mass is 19.4. The molecular weight excluding hydrogens is 391 g/mol. The van der Waals surface area contributed by atoms with E-state index in [-0.39, 0.29) is 12.3 Å². The van der Waals surface area contributed by atoms with Gasteiger partial charge in [0, 0.05) is 29.8 Å². The normalized spacial score (nSPS) is 12.7.